The molecule has 138 valence electrons. The number of benzene rings is 2. The lowest BCUT2D eigenvalue weighted by Gasteiger charge is -2.23. The zero-order chi connectivity index (χ0) is 18.9. The van der Waals surface area contributed by atoms with Gasteiger partial charge in [-0.3, -0.25) is 9.59 Å². The number of nitrogens with one attached hydrogen (secondary N) is 1. The number of amides is 1. The van der Waals surface area contributed by atoms with E-state index < -0.39 is 17.9 Å². The van der Waals surface area contributed by atoms with Crippen LogP contribution in [-0.4, -0.2) is 23.6 Å². The van der Waals surface area contributed by atoms with Crippen molar-refractivity contribution in [2.75, 3.05) is 6.61 Å². The second-order valence-electron chi connectivity index (χ2n) is 6.35. The normalized spacial score (nSPS) is 12.8. The van der Waals surface area contributed by atoms with Crippen LogP contribution in [0.4, 0.5) is 0 Å². The molecule has 0 bridgehead atoms. The molecule has 5 heteroatoms. The van der Waals surface area contributed by atoms with Crippen LogP contribution in [0.5, 0.6) is 5.75 Å². The lowest BCUT2D eigenvalue weighted by Crippen LogP contribution is -2.35. The third-order valence-electron chi connectivity index (χ3n) is 4.17. The summed E-state index contributed by atoms with van der Waals surface area (Å²) >= 11 is 0. The van der Waals surface area contributed by atoms with Crippen LogP contribution in [0.3, 0.4) is 0 Å². The Kier molecular flexibility index (Phi) is 7.21. The first-order valence-corrected chi connectivity index (χ1v) is 8.74. The summed E-state index contributed by atoms with van der Waals surface area (Å²) in [5.74, 6) is -1.06. The SMILES string of the molecule is Cc1cccc(OCCCC(=O)NC(c2ccccc2)C(C)C(=O)O)c1. The highest BCUT2D eigenvalue weighted by atomic mass is 16.5. The van der Waals surface area contributed by atoms with Gasteiger partial charge in [-0.1, -0.05) is 42.5 Å². The molecule has 0 saturated heterocycles. The van der Waals surface area contributed by atoms with Gasteiger partial charge in [-0.25, -0.2) is 0 Å². The molecule has 0 fully saturated rings. The van der Waals surface area contributed by atoms with E-state index in [-0.39, 0.29) is 12.3 Å². The van der Waals surface area contributed by atoms with E-state index in [2.05, 4.69) is 5.32 Å². The van der Waals surface area contributed by atoms with Crippen molar-refractivity contribution in [3.8, 4) is 5.75 Å². The first-order valence-electron chi connectivity index (χ1n) is 8.74. The van der Waals surface area contributed by atoms with Gasteiger partial charge in [0.15, 0.2) is 0 Å². The number of carbonyl (C=O) groups is 2. The number of aliphatic carboxylic acids is 1. The zero-order valence-electron chi connectivity index (χ0n) is 15.1. The molecule has 2 aromatic carbocycles. The molecule has 0 aliphatic heterocycles. The molecule has 2 N–H and O–H groups in total. The smallest absolute Gasteiger partial charge is 0.308 e. The van der Waals surface area contributed by atoms with Crippen molar-refractivity contribution >= 4 is 11.9 Å². The van der Waals surface area contributed by atoms with Gasteiger partial charge in [0.2, 0.25) is 5.91 Å². The molecular weight excluding hydrogens is 330 g/mol. The first-order chi connectivity index (χ1) is 12.5. The predicted octanol–water partition coefficient (Wildman–Crippen LogP) is 3.73. The molecule has 0 aromatic heterocycles. The molecule has 0 saturated carbocycles. The Hall–Kier alpha value is -2.82. The molecule has 26 heavy (non-hydrogen) atoms. The lowest BCUT2D eigenvalue weighted by atomic mass is 9.94. The number of hydrogen-bond acceptors (Lipinski definition) is 3. The van der Waals surface area contributed by atoms with E-state index >= 15 is 0 Å². The molecular formula is C21H25NO4. The Labute approximate surface area is 154 Å². The Morgan fingerprint density at radius 1 is 1.12 bits per heavy atom. The molecule has 0 heterocycles. The number of carboxylic acid groups (broad SMARTS) is 1. The van der Waals surface area contributed by atoms with Gasteiger partial charge in [-0.2, -0.15) is 0 Å². The number of rotatable bonds is 9. The largest absolute Gasteiger partial charge is 0.494 e. The third kappa shape index (κ3) is 5.92. The number of carboxylic acids is 1. The van der Waals surface area contributed by atoms with Crippen molar-refractivity contribution in [2.24, 2.45) is 5.92 Å². The molecule has 1 amide bonds. The van der Waals surface area contributed by atoms with Crippen LogP contribution >= 0.6 is 0 Å². The predicted molar refractivity (Wildman–Crippen MR) is 100 cm³/mol. The summed E-state index contributed by atoms with van der Waals surface area (Å²) in [5.41, 5.74) is 1.90. The zero-order valence-corrected chi connectivity index (χ0v) is 15.1. The number of carbonyl (C=O) groups excluding carboxylic acids is 1. The van der Waals surface area contributed by atoms with E-state index in [9.17, 15) is 14.7 Å². The molecule has 0 aliphatic carbocycles. The standard InChI is InChI=1S/C21H25NO4/c1-15-8-6-11-18(14-15)26-13-7-12-19(23)22-20(16(2)21(24)25)17-9-4-3-5-10-17/h3-6,8-11,14,16,20H,7,12-13H2,1-2H3,(H,22,23)(H,24,25). The van der Waals surface area contributed by atoms with E-state index in [1.807, 2.05) is 61.5 Å². The highest BCUT2D eigenvalue weighted by Gasteiger charge is 2.26. The van der Waals surface area contributed by atoms with Crippen LogP contribution in [0, 0.1) is 12.8 Å². The average molecular weight is 355 g/mol. The summed E-state index contributed by atoms with van der Waals surface area (Å²) in [6, 6.07) is 16.4. The number of aryl methyl sites for hydroxylation is 1. The summed E-state index contributed by atoms with van der Waals surface area (Å²) in [7, 11) is 0. The first kappa shape index (κ1) is 19.5. The summed E-state index contributed by atoms with van der Waals surface area (Å²) in [5, 5.41) is 12.2. The van der Waals surface area contributed by atoms with Gasteiger partial charge in [0.25, 0.3) is 0 Å². The van der Waals surface area contributed by atoms with Gasteiger partial charge in [0, 0.05) is 6.42 Å². The van der Waals surface area contributed by atoms with Crippen LogP contribution in [0.2, 0.25) is 0 Å². The van der Waals surface area contributed by atoms with Crippen molar-refractivity contribution in [1.29, 1.82) is 0 Å². The Morgan fingerprint density at radius 3 is 2.50 bits per heavy atom. The quantitative estimate of drug-likeness (QED) is 0.672. The van der Waals surface area contributed by atoms with Crippen molar-refractivity contribution < 1.29 is 19.4 Å². The summed E-state index contributed by atoms with van der Waals surface area (Å²) < 4.78 is 5.64. The van der Waals surface area contributed by atoms with Crippen molar-refractivity contribution in [1.82, 2.24) is 5.32 Å². The maximum atomic E-state index is 12.3. The van der Waals surface area contributed by atoms with E-state index in [4.69, 9.17) is 4.74 Å². The van der Waals surface area contributed by atoms with E-state index in [1.54, 1.807) is 6.92 Å². The highest BCUT2D eigenvalue weighted by Crippen LogP contribution is 2.22. The summed E-state index contributed by atoms with van der Waals surface area (Å²) in [6.45, 7) is 4.02. The second-order valence-corrected chi connectivity index (χ2v) is 6.35. The topological polar surface area (TPSA) is 75.6 Å². The molecule has 2 aromatic rings. The van der Waals surface area contributed by atoms with Crippen LogP contribution in [-0.2, 0) is 9.59 Å². The Bertz CT molecular complexity index is 730. The third-order valence-corrected chi connectivity index (χ3v) is 4.17. The second kappa shape index (κ2) is 9.61. The molecule has 2 unspecified atom stereocenters. The van der Waals surface area contributed by atoms with Crippen LogP contribution in [0.15, 0.2) is 54.6 Å². The van der Waals surface area contributed by atoms with E-state index in [0.29, 0.717) is 13.0 Å². The molecule has 5 nitrogen and oxygen atoms in total. The van der Waals surface area contributed by atoms with Gasteiger partial charge >= 0.3 is 5.97 Å². The molecule has 0 radical (unpaired) electrons. The van der Waals surface area contributed by atoms with Crippen molar-refractivity contribution in [2.45, 2.75) is 32.7 Å². The fourth-order valence-corrected chi connectivity index (χ4v) is 2.67. The minimum absolute atomic E-state index is 0.181. The fraction of sp³-hybridized carbons (Fsp3) is 0.333. The molecule has 2 atom stereocenters. The Balaban J connectivity index is 1.86. The van der Waals surface area contributed by atoms with Gasteiger partial charge in [0.1, 0.15) is 5.75 Å². The summed E-state index contributed by atoms with van der Waals surface area (Å²) in [4.78, 5) is 23.6. The van der Waals surface area contributed by atoms with E-state index in [0.717, 1.165) is 16.9 Å². The van der Waals surface area contributed by atoms with Gasteiger partial charge in [0.05, 0.1) is 18.6 Å². The molecule has 0 spiro atoms. The van der Waals surface area contributed by atoms with Crippen LogP contribution in [0.1, 0.15) is 36.9 Å². The fourth-order valence-electron chi connectivity index (χ4n) is 2.67. The van der Waals surface area contributed by atoms with E-state index in [1.165, 1.54) is 0 Å². The van der Waals surface area contributed by atoms with Crippen molar-refractivity contribution in [3.05, 3.63) is 65.7 Å². The maximum absolute atomic E-state index is 12.3. The Morgan fingerprint density at radius 2 is 1.85 bits per heavy atom. The highest BCUT2D eigenvalue weighted by molar-refractivity contribution is 5.78. The minimum Gasteiger partial charge on any atom is -0.494 e. The van der Waals surface area contributed by atoms with Crippen LogP contribution < -0.4 is 10.1 Å². The van der Waals surface area contributed by atoms with Gasteiger partial charge in [-0.15, -0.1) is 0 Å². The molecule has 2 rings (SSSR count). The minimum atomic E-state index is -0.943. The number of ether oxygens (including phenoxy) is 1. The van der Waals surface area contributed by atoms with Gasteiger partial charge in [-0.05, 0) is 43.5 Å². The van der Waals surface area contributed by atoms with Gasteiger partial charge < -0.3 is 15.2 Å². The average Bonchev–Trinajstić information content (AvgIpc) is 2.63. The van der Waals surface area contributed by atoms with Crippen LogP contribution in [0.25, 0.3) is 0 Å². The lowest BCUT2D eigenvalue weighted by molar-refractivity contribution is -0.142. The molecule has 0 aliphatic rings. The maximum Gasteiger partial charge on any atom is 0.308 e. The number of hydrogen-bond donors (Lipinski definition) is 2. The van der Waals surface area contributed by atoms with Crippen molar-refractivity contribution in [3.63, 3.8) is 0 Å². The summed E-state index contributed by atoms with van der Waals surface area (Å²) in [6.07, 6.45) is 0.838. The monoisotopic (exact) mass is 355 g/mol.